The van der Waals surface area contributed by atoms with E-state index in [1.165, 1.54) is 16.4 Å². The highest BCUT2D eigenvalue weighted by atomic mass is 16.5. The van der Waals surface area contributed by atoms with Crippen LogP contribution in [0.1, 0.15) is 19.4 Å². The van der Waals surface area contributed by atoms with Gasteiger partial charge in [-0.1, -0.05) is 35.9 Å². The lowest BCUT2D eigenvalue weighted by atomic mass is 9.93. The molecule has 3 rings (SSSR count). The zero-order valence-electron chi connectivity index (χ0n) is 20.2. The van der Waals surface area contributed by atoms with Gasteiger partial charge in [-0.15, -0.1) is 0 Å². The average molecular weight is 465 g/mol. The standard InChI is InChI=1S/C26H32N4O4/c1-20-10-12-23(13-11-20)33-15-14-29(4)24(31)18-30-17-21(16-27-30)28-25(32)26(2,3)19-34-22-8-6-5-7-9-22/h5-13,16-17H,14-15,18-19H2,1-4H3,(H,28,32). The Bertz CT molecular complexity index is 1080. The van der Waals surface area contributed by atoms with Gasteiger partial charge in [-0.25, -0.2) is 0 Å². The molecule has 0 saturated heterocycles. The fraction of sp³-hybridized carbons (Fsp3) is 0.346. The van der Waals surface area contributed by atoms with Crippen LogP contribution in [0.25, 0.3) is 0 Å². The number of ether oxygens (including phenoxy) is 2. The van der Waals surface area contributed by atoms with Gasteiger partial charge in [0.15, 0.2) is 0 Å². The van der Waals surface area contributed by atoms with Crippen LogP contribution in [0, 0.1) is 12.3 Å². The normalized spacial score (nSPS) is 11.1. The Hall–Kier alpha value is -3.81. The van der Waals surface area contributed by atoms with E-state index in [4.69, 9.17) is 9.47 Å². The van der Waals surface area contributed by atoms with Crippen molar-refractivity contribution in [3.63, 3.8) is 0 Å². The Morgan fingerprint density at radius 2 is 1.71 bits per heavy atom. The van der Waals surface area contributed by atoms with E-state index in [0.29, 0.717) is 24.6 Å². The van der Waals surface area contributed by atoms with Crippen LogP contribution in [0.2, 0.25) is 0 Å². The fourth-order valence-electron chi connectivity index (χ4n) is 2.98. The van der Waals surface area contributed by atoms with Crippen LogP contribution in [0.15, 0.2) is 67.0 Å². The second-order valence-electron chi connectivity index (χ2n) is 8.84. The Morgan fingerprint density at radius 3 is 2.41 bits per heavy atom. The molecule has 1 heterocycles. The summed E-state index contributed by atoms with van der Waals surface area (Å²) in [5.41, 5.74) is 0.931. The number of aromatic nitrogens is 2. The monoisotopic (exact) mass is 464 g/mol. The number of anilines is 1. The van der Waals surface area contributed by atoms with Crippen LogP contribution in [-0.2, 0) is 16.1 Å². The van der Waals surface area contributed by atoms with E-state index < -0.39 is 5.41 Å². The fourth-order valence-corrected chi connectivity index (χ4v) is 2.98. The highest BCUT2D eigenvalue weighted by Crippen LogP contribution is 2.21. The number of benzene rings is 2. The average Bonchev–Trinajstić information content (AvgIpc) is 3.26. The smallest absolute Gasteiger partial charge is 0.244 e. The van der Waals surface area contributed by atoms with Gasteiger partial charge in [0.05, 0.1) is 23.8 Å². The van der Waals surface area contributed by atoms with Crippen molar-refractivity contribution in [3.05, 3.63) is 72.6 Å². The number of nitrogens with zero attached hydrogens (tertiary/aromatic N) is 3. The molecule has 0 spiro atoms. The Labute approximate surface area is 200 Å². The molecule has 8 nitrogen and oxygen atoms in total. The van der Waals surface area contributed by atoms with Gasteiger partial charge < -0.3 is 19.7 Å². The zero-order valence-corrected chi connectivity index (χ0v) is 20.2. The summed E-state index contributed by atoms with van der Waals surface area (Å²) in [6.45, 7) is 6.78. The summed E-state index contributed by atoms with van der Waals surface area (Å²) in [6.07, 6.45) is 3.17. The minimum absolute atomic E-state index is 0.0669. The minimum atomic E-state index is -0.759. The van der Waals surface area contributed by atoms with E-state index in [9.17, 15) is 9.59 Å². The molecule has 3 aromatic rings. The van der Waals surface area contributed by atoms with Crippen molar-refractivity contribution < 1.29 is 19.1 Å². The van der Waals surface area contributed by atoms with Crippen molar-refractivity contribution in [2.75, 3.05) is 32.1 Å². The van der Waals surface area contributed by atoms with E-state index in [1.807, 2.05) is 75.4 Å². The van der Waals surface area contributed by atoms with Gasteiger partial charge in [-0.05, 0) is 45.0 Å². The number of aryl methyl sites for hydroxylation is 1. The number of likely N-dealkylation sites (N-methyl/N-ethyl adjacent to an activating group) is 1. The number of hydrogen-bond acceptors (Lipinski definition) is 5. The first kappa shape index (κ1) is 24.8. The molecule has 0 atom stereocenters. The van der Waals surface area contributed by atoms with E-state index in [-0.39, 0.29) is 25.0 Å². The van der Waals surface area contributed by atoms with Crippen molar-refractivity contribution >= 4 is 17.5 Å². The van der Waals surface area contributed by atoms with E-state index in [0.717, 1.165) is 5.75 Å². The molecule has 34 heavy (non-hydrogen) atoms. The molecule has 0 bridgehead atoms. The number of nitrogens with one attached hydrogen (secondary N) is 1. The highest BCUT2D eigenvalue weighted by molar-refractivity contribution is 5.94. The minimum Gasteiger partial charge on any atom is -0.492 e. The van der Waals surface area contributed by atoms with Crippen molar-refractivity contribution in [2.24, 2.45) is 5.41 Å². The number of amides is 2. The first-order valence-corrected chi connectivity index (χ1v) is 11.2. The molecule has 8 heteroatoms. The summed E-state index contributed by atoms with van der Waals surface area (Å²) in [5, 5.41) is 7.05. The SMILES string of the molecule is Cc1ccc(OCCN(C)C(=O)Cn2cc(NC(=O)C(C)(C)COc3ccccc3)cn2)cc1. The Kier molecular flexibility index (Phi) is 8.29. The van der Waals surface area contributed by atoms with Crippen LogP contribution >= 0.6 is 0 Å². The molecule has 180 valence electrons. The van der Waals surface area contributed by atoms with Gasteiger partial charge in [0.25, 0.3) is 0 Å². The summed E-state index contributed by atoms with van der Waals surface area (Å²) in [7, 11) is 1.72. The summed E-state index contributed by atoms with van der Waals surface area (Å²) in [4.78, 5) is 26.8. The maximum Gasteiger partial charge on any atom is 0.244 e. The van der Waals surface area contributed by atoms with Crippen molar-refractivity contribution in [1.82, 2.24) is 14.7 Å². The molecule has 0 saturated carbocycles. The van der Waals surface area contributed by atoms with E-state index in [1.54, 1.807) is 18.1 Å². The van der Waals surface area contributed by atoms with Crippen molar-refractivity contribution in [2.45, 2.75) is 27.3 Å². The van der Waals surface area contributed by atoms with Gasteiger partial charge in [0.1, 0.15) is 31.3 Å². The predicted octanol–water partition coefficient (Wildman–Crippen LogP) is 3.77. The number of hydrogen-bond donors (Lipinski definition) is 1. The molecule has 0 radical (unpaired) electrons. The molecule has 0 unspecified atom stereocenters. The Balaban J connectivity index is 1.43. The second-order valence-corrected chi connectivity index (χ2v) is 8.84. The first-order valence-electron chi connectivity index (χ1n) is 11.2. The molecule has 0 aliphatic carbocycles. The van der Waals surface area contributed by atoms with Gasteiger partial charge in [-0.3, -0.25) is 14.3 Å². The number of carbonyl (C=O) groups is 2. The molecule has 0 aliphatic heterocycles. The summed E-state index contributed by atoms with van der Waals surface area (Å²) < 4.78 is 12.9. The zero-order chi connectivity index (χ0) is 24.6. The lowest BCUT2D eigenvalue weighted by Gasteiger charge is -2.23. The summed E-state index contributed by atoms with van der Waals surface area (Å²) >= 11 is 0. The number of rotatable bonds is 11. The third-order valence-corrected chi connectivity index (χ3v) is 5.29. The molecule has 2 aromatic carbocycles. The summed E-state index contributed by atoms with van der Waals surface area (Å²) in [5.74, 6) is 1.18. The first-order chi connectivity index (χ1) is 16.2. The van der Waals surface area contributed by atoms with Crippen molar-refractivity contribution in [3.8, 4) is 11.5 Å². The number of carbonyl (C=O) groups excluding carboxylic acids is 2. The quantitative estimate of drug-likeness (QED) is 0.467. The van der Waals surface area contributed by atoms with E-state index in [2.05, 4.69) is 10.4 Å². The molecule has 1 aromatic heterocycles. The van der Waals surface area contributed by atoms with Crippen molar-refractivity contribution in [1.29, 1.82) is 0 Å². The molecule has 0 fully saturated rings. The largest absolute Gasteiger partial charge is 0.492 e. The van der Waals surface area contributed by atoms with E-state index >= 15 is 0 Å². The third-order valence-electron chi connectivity index (χ3n) is 5.29. The maximum atomic E-state index is 12.7. The summed E-state index contributed by atoms with van der Waals surface area (Å²) in [6, 6.07) is 17.1. The lowest BCUT2D eigenvalue weighted by molar-refractivity contribution is -0.131. The maximum absolute atomic E-state index is 12.7. The van der Waals surface area contributed by atoms with Crippen LogP contribution in [0.3, 0.4) is 0 Å². The van der Waals surface area contributed by atoms with Gasteiger partial charge in [-0.2, -0.15) is 5.10 Å². The predicted molar refractivity (Wildman–Crippen MR) is 131 cm³/mol. The molecular weight excluding hydrogens is 432 g/mol. The van der Waals surface area contributed by atoms with Crippen LogP contribution in [-0.4, -0.2) is 53.3 Å². The molecular formula is C26H32N4O4. The van der Waals surface area contributed by atoms with Gasteiger partial charge >= 0.3 is 0 Å². The Morgan fingerprint density at radius 1 is 1.03 bits per heavy atom. The number of para-hydroxylation sites is 1. The molecule has 2 amide bonds. The highest BCUT2D eigenvalue weighted by Gasteiger charge is 2.29. The lowest BCUT2D eigenvalue weighted by Crippen LogP contribution is -2.36. The molecule has 0 aliphatic rings. The second kappa shape index (κ2) is 11.4. The topological polar surface area (TPSA) is 85.7 Å². The van der Waals surface area contributed by atoms with Gasteiger partial charge in [0, 0.05) is 13.2 Å². The van der Waals surface area contributed by atoms with Crippen LogP contribution in [0.4, 0.5) is 5.69 Å². The van der Waals surface area contributed by atoms with Crippen LogP contribution < -0.4 is 14.8 Å². The third kappa shape index (κ3) is 7.37. The van der Waals surface area contributed by atoms with Gasteiger partial charge in [0.2, 0.25) is 11.8 Å². The van der Waals surface area contributed by atoms with Crippen LogP contribution in [0.5, 0.6) is 11.5 Å². The molecule has 1 N–H and O–H groups in total.